The van der Waals surface area contributed by atoms with Crippen molar-refractivity contribution in [3.05, 3.63) is 41.6 Å². The molecule has 0 spiro atoms. The van der Waals surface area contributed by atoms with Crippen molar-refractivity contribution in [1.82, 2.24) is 10.2 Å². The van der Waals surface area contributed by atoms with Gasteiger partial charge in [-0.1, -0.05) is 18.2 Å². The molecular weight excluding hydrogens is 318 g/mol. The lowest BCUT2D eigenvalue weighted by Gasteiger charge is -2.30. The van der Waals surface area contributed by atoms with Crippen LogP contribution in [0.15, 0.2) is 35.5 Å². The maximum atomic E-state index is 13.0. The number of benzene rings is 1. The number of fused-ring (bicyclic) bond motifs is 1. The third kappa shape index (κ3) is 2.70. The summed E-state index contributed by atoms with van der Waals surface area (Å²) in [6.45, 7) is 2.18. The molecule has 122 valence electrons. The molecule has 7 nitrogen and oxygen atoms in total. The predicted octanol–water partition coefficient (Wildman–Crippen LogP) is 1.73. The zero-order valence-corrected chi connectivity index (χ0v) is 13.5. The van der Waals surface area contributed by atoms with Crippen LogP contribution in [0.5, 0.6) is 0 Å². The highest BCUT2D eigenvalue weighted by atomic mass is 32.2. The average molecular weight is 335 g/mol. The number of H-pyrrole nitrogens is 1. The van der Waals surface area contributed by atoms with Gasteiger partial charge in [-0.25, -0.2) is 4.79 Å². The Balaban J connectivity index is 2.05. The standard InChI is InChI=1S/C15H17N3O4S/c1-2-22-15(19)12-10-16-17-14(12)23(20,21)18-9-5-7-11-6-3-4-8-13(11)18/h3-4,6,8,10H,2,5,7,9H2,1H3,(H,16,17). The van der Waals surface area contributed by atoms with Crippen molar-refractivity contribution in [3.63, 3.8) is 0 Å². The minimum Gasteiger partial charge on any atom is -0.462 e. The van der Waals surface area contributed by atoms with Crippen LogP contribution in [0.2, 0.25) is 0 Å². The molecule has 1 aromatic heterocycles. The van der Waals surface area contributed by atoms with E-state index in [0.29, 0.717) is 12.2 Å². The molecule has 0 amide bonds. The van der Waals surface area contributed by atoms with Crippen LogP contribution in [-0.2, 0) is 21.2 Å². The lowest BCUT2D eigenvalue weighted by atomic mass is 10.0. The Kier molecular flexibility index (Phi) is 4.08. The van der Waals surface area contributed by atoms with Gasteiger partial charge in [-0.3, -0.25) is 9.40 Å². The van der Waals surface area contributed by atoms with E-state index in [1.165, 1.54) is 10.5 Å². The van der Waals surface area contributed by atoms with Crippen LogP contribution in [-0.4, -0.2) is 37.7 Å². The quantitative estimate of drug-likeness (QED) is 0.859. The van der Waals surface area contributed by atoms with E-state index in [1.54, 1.807) is 19.1 Å². The maximum absolute atomic E-state index is 13.0. The largest absolute Gasteiger partial charge is 0.462 e. The number of rotatable bonds is 4. The Morgan fingerprint density at radius 1 is 1.39 bits per heavy atom. The highest BCUT2D eigenvalue weighted by molar-refractivity contribution is 7.92. The van der Waals surface area contributed by atoms with Crippen molar-refractivity contribution >= 4 is 21.7 Å². The summed E-state index contributed by atoms with van der Waals surface area (Å²) in [5, 5.41) is 5.91. The first-order valence-corrected chi connectivity index (χ1v) is 8.81. The number of carbonyl (C=O) groups excluding carboxylic acids is 1. The second-order valence-corrected chi connectivity index (χ2v) is 6.94. The molecule has 0 saturated carbocycles. The molecular formula is C15H17N3O4S. The van der Waals surface area contributed by atoms with Gasteiger partial charge < -0.3 is 4.74 Å². The van der Waals surface area contributed by atoms with Gasteiger partial charge in [0, 0.05) is 6.54 Å². The molecule has 1 N–H and O–H groups in total. The molecule has 0 unspecified atom stereocenters. The predicted molar refractivity (Wildman–Crippen MR) is 83.8 cm³/mol. The smallest absolute Gasteiger partial charge is 0.342 e. The van der Waals surface area contributed by atoms with E-state index in [-0.39, 0.29) is 17.2 Å². The van der Waals surface area contributed by atoms with E-state index in [4.69, 9.17) is 4.74 Å². The minimum atomic E-state index is -3.91. The highest BCUT2D eigenvalue weighted by Crippen LogP contribution is 2.32. The summed E-state index contributed by atoms with van der Waals surface area (Å²) in [6.07, 6.45) is 2.73. The zero-order valence-electron chi connectivity index (χ0n) is 12.7. The van der Waals surface area contributed by atoms with Gasteiger partial charge in [0.2, 0.25) is 0 Å². The summed E-state index contributed by atoms with van der Waals surface area (Å²) in [4.78, 5) is 11.9. The fourth-order valence-electron chi connectivity index (χ4n) is 2.68. The maximum Gasteiger partial charge on any atom is 0.342 e. The molecule has 8 heteroatoms. The number of ether oxygens (including phenoxy) is 1. The Bertz CT molecular complexity index is 829. The summed E-state index contributed by atoms with van der Waals surface area (Å²) in [7, 11) is -3.91. The molecule has 0 saturated heterocycles. The number of aromatic amines is 1. The third-order valence-corrected chi connectivity index (χ3v) is 5.50. The first kappa shape index (κ1) is 15.5. The molecule has 1 aliphatic heterocycles. The summed E-state index contributed by atoms with van der Waals surface area (Å²) in [6, 6.07) is 7.36. The van der Waals surface area contributed by atoms with Crippen LogP contribution >= 0.6 is 0 Å². The van der Waals surface area contributed by atoms with Crippen molar-refractivity contribution in [1.29, 1.82) is 0 Å². The molecule has 1 aromatic carbocycles. The van der Waals surface area contributed by atoms with Crippen LogP contribution in [0.25, 0.3) is 0 Å². The number of sulfonamides is 1. The van der Waals surface area contributed by atoms with E-state index in [0.717, 1.165) is 18.4 Å². The Labute approximate surface area is 134 Å². The van der Waals surface area contributed by atoms with E-state index in [9.17, 15) is 13.2 Å². The summed E-state index contributed by atoms with van der Waals surface area (Å²) < 4.78 is 32.2. The lowest BCUT2D eigenvalue weighted by molar-refractivity contribution is 0.0522. The van der Waals surface area contributed by atoms with Gasteiger partial charge in [-0.05, 0) is 31.4 Å². The molecule has 0 bridgehead atoms. The summed E-state index contributed by atoms with van der Waals surface area (Å²) in [5.41, 5.74) is 1.54. The number of carbonyl (C=O) groups is 1. The van der Waals surface area contributed by atoms with Crippen LogP contribution < -0.4 is 4.31 Å². The average Bonchev–Trinajstić information content (AvgIpc) is 3.05. The Hall–Kier alpha value is -2.35. The summed E-state index contributed by atoms with van der Waals surface area (Å²) >= 11 is 0. The van der Waals surface area contributed by atoms with Gasteiger partial charge >= 0.3 is 5.97 Å². The van der Waals surface area contributed by atoms with E-state index in [1.807, 2.05) is 12.1 Å². The van der Waals surface area contributed by atoms with Crippen molar-refractivity contribution in [2.24, 2.45) is 0 Å². The highest BCUT2D eigenvalue weighted by Gasteiger charge is 2.34. The number of aromatic nitrogens is 2. The molecule has 23 heavy (non-hydrogen) atoms. The molecule has 0 aliphatic carbocycles. The molecule has 2 heterocycles. The molecule has 0 radical (unpaired) electrons. The molecule has 0 fully saturated rings. The normalized spacial score (nSPS) is 14.4. The third-order valence-electron chi connectivity index (χ3n) is 3.72. The lowest BCUT2D eigenvalue weighted by Crippen LogP contribution is -2.36. The second-order valence-electron chi connectivity index (χ2n) is 5.14. The van der Waals surface area contributed by atoms with Crippen molar-refractivity contribution in [3.8, 4) is 0 Å². The Morgan fingerprint density at radius 2 is 2.17 bits per heavy atom. The SMILES string of the molecule is CCOC(=O)c1cn[nH]c1S(=O)(=O)N1CCCc2ccccc21. The Morgan fingerprint density at radius 3 is 2.96 bits per heavy atom. The number of aryl methyl sites for hydroxylation is 1. The molecule has 2 aromatic rings. The van der Waals surface area contributed by atoms with Crippen LogP contribution in [0.3, 0.4) is 0 Å². The number of nitrogens with one attached hydrogen (secondary N) is 1. The van der Waals surface area contributed by atoms with Gasteiger partial charge in [0.1, 0.15) is 5.56 Å². The van der Waals surface area contributed by atoms with Crippen LogP contribution in [0.1, 0.15) is 29.3 Å². The van der Waals surface area contributed by atoms with Crippen molar-refractivity contribution < 1.29 is 17.9 Å². The van der Waals surface area contributed by atoms with Crippen molar-refractivity contribution in [2.75, 3.05) is 17.5 Å². The first-order valence-electron chi connectivity index (χ1n) is 7.37. The summed E-state index contributed by atoms with van der Waals surface area (Å²) in [5.74, 6) is -0.704. The second kappa shape index (κ2) is 6.04. The van der Waals surface area contributed by atoms with Gasteiger partial charge in [0.25, 0.3) is 10.0 Å². The fourth-order valence-corrected chi connectivity index (χ4v) is 4.29. The van der Waals surface area contributed by atoms with Crippen molar-refractivity contribution in [2.45, 2.75) is 24.8 Å². The van der Waals surface area contributed by atoms with E-state index < -0.39 is 16.0 Å². The minimum absolute atomic E-state index is 0.0742. The van der Waals surface area contributed by atoms with Gasteiger partial charge in [0.05, 0.1) is 18.5 Å². The zero-order chi connectivity index (χ0) is 16.4. The number of anilines is 1. The number of hydrogen-bond acceptors (Lipinski definition) is 5. The molecule has 0 atom stereocenters. The number of nitrogens with zero attached hydrogens (tertiary/aromatic N) is 2. The topological polar surface area (TPSA) is 92.4 Å². The van der Waals surface area contributed by atoms with Crippen LogP contribution in [0, 0.1) is 0 Å². The number of esters is 1. The number of para-hydroxylation sites is 1. The van der Waals surface area contributed by atoms with Gasteiger partial charge in [-0.15, -0.1) is 0 Å². The molecule has 1 aliphatic rings. The monoisotopic (exact) mass is 335 g/mol. The van der Waals surface area contributed by atoms with E-state index in [2.05, 4.69) is 10.2 Å². The van der Waals surface area contributed by atoms with Crippen LogP contribution in [0.4, 0.5) is 5.69 Å². The molecule has 3 rings (SSSR count). The fraction of sp³-hybridized carbons (Fsp3) is 0.333. The first-order chi connectivity index (χ1) is 11.1. The van der Waals surface area contributed by atoms with E-state index >= 15 is 0 Å². The number of hydrogen-bond donors (Lipinski definition) is 1. The van der Waals surface area contributed by atoms with Gasteiger partial charge in [-0.2, -0.15) is 13.5 Å². The van der Waals surface area contributed by atoms with Gasteiger partial charge in [0.15, 0.2) is 5.03 Å².